The number of aryl methyl sites for hydroxylation is 1. The van der Waals surface area contributed by atoms with Gasteiger partial charge in [0.05, 0.1) is 6.04 Å². The zero-order valence-corrected chi connectivity index (χ0v) is 18.3. The minimum atomic E-state index is -0.105. The number of hydrogen-bond donors (Lipinski definition) is 1. The van der Waals surface area contributed by atoms with Crippen molar-refractivity contribution in [3.8, 4) is 5.75 Å². The van der Waals surface area contributed by atoms with Gasteiger partial charge in [0, 0.05) is 30.8 Å². The summed E-state index contributed by atoms with van der Waals surface area (Å²) in [5.74, 6) is 0.538. The molecule has 160 valence electrons. The van der Waals surface area contributed by atoms with Crippen LogP contribution >= 0.6 is 11.6 Å². The first-order valence-corrected chi connectivity index (χ1v) is 11.2. The maximum Gasteiger partial charge on any atom is 0.258 e. The van der Waals surface area contributed by atoms with Gasteiger partial charge in [0.1, 0.15) is 5.75 Å². The molecule has 5 nitrogen and oxygen atoms in total. The number of ether oxygens (including phenoxy) is 1. The number of anilines is 1. The van der Waals surface area contributed by atoms with Crippen LogP contribution in [-0.4, -0.2) is 50.6 Å². The highest BCUT2D eigenvalue weighted by atomic mass is 35.5. The van der Waals surface area contributed by atoms with Crippen LogP contribution in [0.15, 0.2) is 42.5 Å². The van der Waals surface area contributed by atoms with E-state index in [-0.39, 0.29) is 18.6 Å². The lowest BCUT2D eigenvalue weighted by Crippen LogP contribution is -2.38. The number of benzene rings is 2. The summed E-state index contributed by atoms with van der Waals surface area (Å²) in [6, 6.07) is 14.1. The summed E-state index contributed by atoms with van der Waals surface area (Å²) >= 11 is 5.89. The highest BCUT2D eigenvalue weighted by molar-refractivity contribution is 6.30. The molecule has 6 heteroatoms. The van der Waals surface area contributed by atoms with Crippen LogP contribution in [0.25, 0.3) is 0 Å². The lowest BCUT2D eigenvalue weighted by molar-refractivity contribution is -0.123. The van der Waals surface area contributed by atoms with Gasteiger partial charge in [-0.2, -0.15) is 0 Å². The Bertz CT molecular complexity index is 865. The monoisotopic (exact) mass is 427 g/mol. The quantitative estimate of drug-likeness (QED) is 0.723. The molecule has 1 unspecified atom stereocenters. The van der Waals surface area contributed by atoms with Crippen molar-refractivity contribution in [1.82, 2.24) is 10.2 Å². The van der Waals surface area contributed by atoms with E-state index in [2.05, 4.69) is 40.4 Å². The first-order chi connectivity index (χ1) is 14.6. The number of nitrogens with one attached hydrogen (secondary N) is 1. The summed E-state index contributed by atoms with van der Waals surface area (Å²) in [4.78, 5) is 17.3. The minimum absolute atomic E-state index is 0.00331. The maximum absolute atomic E-state index is 12.4. The Labute approximate surface area is 184 Å². The number of amides is 1. The van der Waals surface area contributed by atoms with Crippen LogP contribution < -0.4 is 15.0 Å². The molecule has 1 atom stereocenters. The van der Waals surface area contributed by atoms with E-state index in [1.165, 1.54) is 36.1 Å². The molecule has 2 aromatic rings. The second-order valence-electron chi connectivity index (χ2n) is 8.22. The third kappa shape index (κ3) is 5.08. The van der Waals surface area contributed by atoms with E-state index in [0.29, 0.717) is 17.3 Å². The molecule has 2 heterocycles. The normalized spacial score (nSPS) is 17.5. The molecular formula is C24H30ClN3O2. The van der Waals surface area contributed by atoms with Gasteiger partial charge in [-0.25, -0.2) is 0 Å². The van der Waals surface area contributed by atoms with Crippen molar-refractivity contribution in [3.63, 3.8) is 0 Å². The molecule has 0 saturated carbocycles. The summed E-state index contributed by atoms with van der Waals surface area (Å²) in [6.45, 7) is 3.88. The predicted molar refractivity (Wildman–Crippen MR) is 122 cm³/mol. The molecule has 4 rings (SSSR count). The lowest BCUT2D eigenvalue weighted by atomic mass is 9.96. The molecule has 1 amide bonds. The molecule has 0 spiro atoms. The molecule has 1 N–H and O–H groups in total. The number of likely N-dealkylation sites (tertiary alicyclic amines) is 1. The Morgan fingerprint density at radius 1 is 1.10 bits per heavy atom. The summed E-state index contributed by atoms with van der Waals surface area (Å²) in [6.07, 6.45) is 4.76. The molecule has 30 heavy (non-hydrogen) atoms. The van der Waals surface area contributed by atoms with Gasteiger partial charge in [-0.3, -0.25) is 9.69 Å². The number of nitrogens with zero attached hydrogens (tertiary/aromatic N) is 2. The van der Waals surface area contributed by atoms with Gasteiger partial charge in [0.2, 0.25) is 0 Å². The van der Waals surface area contributed by atoms with Crippen molar-refractivity contribution < 1.29 is 9.53 Å². The van der Waals surface area contributed by atoms with E-state index in [1.807, 2.05) is 0 Å². The van der Waals surface area contributed by atoms with E-state index in [1.54, 1.807) is 24.3 Å². The van der Waals surface area contributed by atoms with Gasteiger partial charge >= 0.3 is 0 Å². The van der Waals surface area contributed by atoms with Crippen molar-refractivity contribution in [2.24, 2.45) is 0 Å². The lowest BCUT2D eigenvalue weighted by Gasteiger charge is -2.32. The second kappa shape index (κ2) is 9.71. The van der Waals surface area contributed by atoms with Crippen molar-refractivity contribution in [2.45, 2.75) is 31.7 Å². The number of carbonyl (C=O) groups excluding carboxylic acids is 1. The largest absolute Gasteiger partial charge is 0.484 e. The summed E-state index contributed by atoms with van der Waals surface area (Å²) in [5, 5.41) is 3.74. The van der Waals surface area contributed by atoms with Crippen LogP contribution in [0.1, 0.15) is 36.4 Å². The average molecular weight is 428 g/mol. The molecule has 2 aliphatic heterocycles. The molecule has 1 saturated heterocycles. The van der Waals surface area contributed by atoms with E-state index in [0.717, 1.165) is 26.1 Å². The van der Waals surface area contributed by atoms with Gasteiger partial charge in [-0.1, -0.05) is 23.7 Å². The van der Waals surface area contributed by atoms with Crippen LogP contribution in [0.5, 0.6) is 5.75 Å². The van der Waals surface area contributed by atoms with Gasteiger partial charge in [-0.05, 0) is 80.2 Å². The number of fused-ring (bicyclic) bond motifs is 1. The highest BCUT2D eigenvalue weighted by Crippen LogP contribution is 2.31. The summed E-state index contributed by atoms with van der Waals surface area (Å²) in [7, 11) is 2.16. The highest BCUT2D eigenvalue weighted by Gasteiger charge is 2.25. The Balaban J connectivity index is 1.40. The topological polar surface area (TPSA) is 44.8 Å². The maximum atomic E-state index is 12.4. The van der Waals surface area contributed by atoms with Gasteiger partial charge in [-0.15, -0.1) is 0 Å². The zero-order valence-electron chi connectivity index (χ0n) is 17.6. The Morgan fingerprint density at radius 3 is 2.63 bits per heavy atom. The molecule has 0 aromatic heterocycles. The first-order valence-electron chi connectivity index (χ1n) is 10.8. The molecule has 2 aliphatic rings. The van der Waals surface area contributed by atoms with Crippen LogP contribution in [0.4, 0.5) is 5.69 Å². The van der Waals surface area contributed by atoms with Crippen LogP contribution in [0, 0.1) is 0 Å². The molecule has 0 bridgehead atoms. The van der Waals surface area contributed by atoms with Crippen molar-refractivity contribution in [3.05, 3.63) is 58.6 Å². The number of hydrogen-bond acceptors (Lipinski definition) is 4. The molecule has 2 aromatic carbocycles. The number of carbonyl (C=O) groups is 1. The third-order valence-corrected chi connectivity index (χ3v) is 6.35. The van der Waals surface area contributed by atoms with Gasteiger partial charge < -0.3 is 15.0 Å². The predicted octanol–water partition coefficient (Wildman–Crippen LogP) is 4.05. The molecule has 0 radical (unpaired) electrons. The van der Waals surface area contributed by atoms with Gasteiger partial charge in [0.25, 0.3) is 5.91 Å². The van der Waals surface area contributed by atoms with Crippen LogP contribution in [-0.2, 0) is 11.2 Å². The fraction of sp³-hybridized carbons (Fsp3) is 0.458. The Kier molecular flexibility index (Phi) is 6.80. The fourth-order valence-corrected chi connectivity index (χ4v) is 4.59. The molecular weight excluding hydrogens is 398 g/mol. The average Bonchev–Trinajstić information content (AvgIpc) is 3.28. The van der Waals surface area contributed by atoms with Crippen molar-refractivity contribution in [2.75, 3.05) is 44.7 Å². The SMILES string of the molecule is CN1CCCc2cc(C(CNC(=O)COc3ccc(Cl)cc3)N3CCCC3)ccc21. The third-order valence-electron chi connectivity index (χ3n) is 6.10. The standard InChI is InChI=1S/C24H30ClN3O2/c1-27-12-4-5-18-15-19(6-11-22(18)27)23(28-13-2-3-14-28)16-26-24(29)17-30-21-9-7-20(25)8-10-21/h6-11,15,23H,2-5,12-14,16-17H2,1H3,(H,26,29). The fourth-order valence-electron chi connectivity index (χ4n) is 4.46. The Hall–Kier alpha value is -2.24. The second-order valence-corrected chi connectivity index (χ2v) is 8.66. The van der Waals surface area contributed by atoms with Gasteiger partial charge in [0.15, 0.2) is 6.61 Å². The van der Waals surface area contributed by atoms with E-state index in [9.17, 15) is 4.79 Å². The van der Waals surface area contributed by atoms with E-state index in [4.69, 9.17) is 16.3 Å². The van der Waals surface area contributed by atoms with E-state index >= 15 is 0 Å². The minimum Gasteiger partial charge on any atom is -0.484 e. The van der Waals surface area contributed by atoms with Crippen molar-refractivity contribution >= 4 is 23.2 Å². The smallest absolute Gasteiger partial charge is 0.258 e. The zero-order chi connectivity index (χ0) is 20.9. The van der Waals surface area contributed by atoms with Crippen LogP contribution in [0.2, 0.25) is 5.02 Å². The van der Waals surface area contributed by atoms with Crippen LogP contribution in [0.3, 0.4) is 0 Å². The molecule has 1 fully saturated rings. The Morgan fingerprint density at radius 2 is 1.87 bits per heavy atom. The van der Waals surface area contributed by atoms with Crippen molar-refractivity contribution in [1.29, 1.82) is 0 Å². The molecule has 0 aliphatic carbocycles. The van der Waals surface area contributed by atoms with E-state index < -0.39 is 0 Å². The summed E-state index contributed by atoms with van der Waals surface area (Å²) in [5.41, 5.74) is 4.05. The first kappa shape index (κ1) is 21.0. The number of rotatable bonds is 7. The number of halogens is 1. The summed E-state index contributed by atoms with van der Waals surface area (Å²) < 4.78 is 5.58.